The van der Waals surface area contributed by atoms with Gasteiger partial charge in [-0.3, -0.25) is 0 Å². The highest BCUT2D eigenvalue weighted by atomic mass is 19.4. The summed E-state index contributed by atoms with van der Waals surface area (Å²) in [7, 11) is 0. The Morgan fingerprint density at radius 2 is 1.67 bits per heavy atom. The van der Waals surface area contributed by atoms with Crippen LogP contribution < -0.4 is 0 Å². The molecule has 0 saturated carbocycles. The van der Waals surface area contributed by atoms with Crippen LogP contribution in [0.25, 0.3) is 0 Å². The highest BCUT2D eigenvalue weighted by Gasteiger charge is 2.38. The summed E-state index contributed by atoms with van der Waals surface area (Å²) in [6.07, 6.45) is -8.97. The third-order valence-corrected chi connectivity index (χ3v) is 1.50. The van der Waals surface area contributed by atoms with Crippen molar-refractivity contribution in [3.63, 3.8) is 0 Å². The van der Waals surface area contributed by atoms with Crippen LogP contribution in [0.5, 0.6) is 0 Å². The molecule has 0 aliphatic rings. The fraction of sp³-hybridized carbons (Fsp3) is 0.286. The topological polar surface area (TPSA) is 12.9 Å². The van der Waals surface area contributed by atoms with Gasteiger partial charge in [0.2, 0.25) is 11.9 Å². The maximum absolute atomic E-state index is 12.6. The van der Waals surface area contributed by atoms with E-state index in [0.717, 1.165) is 0 Å². The third-order valence-electron chi connectivity index (χ3n) is 1.50. The van der Waals surface area contributed by atoms with E-state index in [1.807, 2.05) is 0 Å². The molecule has 0 unspecified atom stereocenters. The van der Waals surface area contributed by atoms with Gasteiger partial charge in [0.25, 0.3) is 6.43 Å². The summed E-state index contributed by atoms with van der Waals surface area (Å²) < 4.78 is 85.2. The molecule has 1 aromatic heterocycles. The molecule has 0 N–H and O–H groups in total. The van der Waals surface area contributed by atoms with Crippen LogP contribution in [0.15, 0.2) is 6.07 Å². The first-order valence-corrected chi connectivity index (χ1v) is 3.44. The second kappa shape index (κ2) is 3.67. The quantitative estimate of drug-likeness (QED) is 0.535. The number of halogens is 7. The van der Waals surface area contributed by atoms with Gasteiger partial charge in [0.15, 0.2) is 0 Å². The molecule has 1 heterocycles. The molecule has 1 rings (SSSR count). The summed E-state index contributed by atoms with van der Waals surface area (Å²) in [5, 5.41) is 0. The number of alkyl halides is 5. The molecule has 0 aromatic carbocycles. The Bertz CT molecular complexity index is 370. The van der Waals surface area contributed by atoms with E-state index < -0.39 is 35.6 Å². The zero-order chi connectivity index (χ0) is 11.8. The number of nitrogens with zero attached hydrogens (tertiary/aromatic N) is 1. The van der Waals surface area contributed by atoms with Crippen LogP contribution in [0.4, 0.5) is 30.7 Å². The lowest BCUT2D eigenvalue weighted by Crippen LogP contribution is -2.13. The second-order valence-corrected chi connectivity index (χ2v) is 2.50. The molecule has 84 valence electrons. The molecule has 0 aliphatic heterocycles. The minimum Gasteiger partial charge on any atom is -0.205 e. The summed E-state index contributed by atoms with van der Waals surface area (Å²) >= 11 is 0. The first kappa shape index (κ1) is 11.7. The van der Waals surface area contributed by atoms with E-state index in [0.29, 0.717) is 0 Å². The van der Waals surface area contributed by atoms with Crippen LogP contribution in [0.2, 0.25) is 0 Å². The van der Waals surface area contributed by atoms with Crippen molar-refractivity contribution in [2.24, 2.45) is 0 Å². The number of rotatable bonds is 1. The summed E-state index contributed by atoms with van der Waals surface area (Å²) in [5.41, 5.74) is -3.99. The van der Waals surface area contributed by atoms with Gasteiger partial charge in [-0.1, -0.05) is 0 Å². The molecule has 15 heavy (non-hydrogen) atoms. The van der Waals surface area contributed by atoms with E-state index in [4.69, 9.17) is 0 Å². The lowest BCUT2D eigenvalue weighted by molar-refractivity contribution is -0.140. The largest absolute Gasteiger partial charge is 0.417 e. The van der Waals surface area contributed by atoms with Crippen molar-refractivity contribution >= 4 is 0 Å². The molecular formula is C7H2F7N. The van der Waals surface area contributed by atoms with Crippen LogP contribution in [-0.4, -0.2) is 4.98 Å². The Morgan fingerprint density at radius 1 is 1.13 bits per heavy atom. The standard InChI is InChI=1S/C7H2F7N/c8-3-1-2(7(12,13)14)4(5(9)10)6(11)15-3/h1,5H. The van der Waals surface area contributed by atoms with Gasteiger partial charge in [0.05, 0.1) is 11.1 Å². The predicted octanol–water partition coefficient (Wildman–Crippen LogP) is 3.32. The molecule has 0 bridgehead atoms. The summed E-state index contributed by atoms with van der Waals surface area (Å²) in [6.45, 7) is 0. The Balaban J connectivity index is 3.47. The SMILES string of the molecule is Fc1cc(C(F)(F)F)c(C(F)F)c(F)n1. The van der Waals surface area contributed by atoms with Gasteiger partial charge in [-0.25, -0.2) is 8.78 Å². The molecule has 0 atom stereocenters. The zero-order valence-corrected chi connectivity index (χ0v) is 6.75. The van der Waals surface area contributed by atoms with E-state index in [2.05, 4.69) is 4.98 Å². The van der Waals surface area contributed by atoms with Crippen LogP contribution in [0.1, 0.15) is 17.6 Å². The molecule has 0 spiro atoms. The van der Waals surface area contributed by atoms with Gasteiger partial charge in [0, 0.05) is 6.07 Å². The lowest BCUT2D eigenvalue weighted by atomic mass is 10.1. The van der Waals surface area contributed by atoms with Crippen LogP contribution >= 0.6 is 0 Å². The molecule has 0 radical (unpaired) electrons. The van der Waals surface area contributed by atoms with E-state index in [1.54, 1.807) is 0 Å². The van der Waals surface area contributed by atoms with Crippen molar-refractivity contribution in [2.45, 2.75) is 12.6 Å². The summed E-state index contributed by atoms with van der Waals surface area (Å²) in [6, 6.07) is -0.273. The highest BCUT2D eigenvalue weighted by Crippen LogP contribution is 2.37. The number of pyridine rings is 1. The smallest absolute Gasteiger partial charge is 0.205 e. The maximum atomic E-state index is 12.6. The van der Waals surface area contributed by atoms with Crippen molar-refractivity contribution in [3.05, 3.63) is 29.1 Å². The molecule has 0 aliphatic carbocycles. The van der Waals surface area contributed by atoms with Crippen molar-refractivity contribution in [3.8, 4) is 0 Å². The normalized spacial score (nSPS) is 12.3. The fourth-order valence-corrected chi connectivity index (χ4v) is 0.936. The lowest BCUT2D eigenvalue weighted by Gasteiger charge is -2.12. The first-order valence-electron chi connectivity index (χ1n) is 3.44. The first-order chi connectivity index (χ1) is 6.73. The van der Waals surface area contributed by atoms with Crippen LogP contribution in [-0.2, 0) is 6.18 Å². The average molecular weight is 233 g/mol. The molecular weight excluding hydrogens is 231 g/mol. The summed E-state index contributed by atoms with van der Waals surface area (Å²) in [5.74, 6) is -3.96. The van der Waals surface area contributed by atoms with Gasteiger partial charge in [-0.15, -0.1) is 0 Å². The fourth-order valence-electron chi connectivity index (χ4n) is 0.936. The van der Waals surface area contributed by atoms with E-state index >= 15 is 0 Å². The second-order valence-electron chi connectivity index (χ2n) is 2.50. The third kappa shape index (κ3) is 2.37. The summed E-state index contributed by atoms with van der Waals surface area (Å²) in [4.78, 5) is 2.26. The maximum Gasteiger partial charge on any atom is 0.417 e. The predicted molar refractivity (Wildman–Crippen MR) is 34.1 cm³/mol. The Hall–Kier alpha value is -1.34. The van der Waals surface area contributed by atoms with Gasteiger partial charge in [0.1, 0.15) is 0 Å². The minimum atomic E-state index is -5.25. The van der Waals surface area contributed by atoms with E-state index in [-0.39, 0.29) is 6.07 Å². The number of hydrogen-bond acceptors (Lipinski definition) is 1. The van der Waals surface area contributed by atoms with Gasteiger partial charge < -0.3 is 0 Å². The van der Waals surface area contributed by atoms with Crippen LogP contribution in [0.3, 0.4) is 0 Å². The Morgan fingerprint density at radius 3 is 2.07 bits per heavy atom. The molecule has 1 aromatic rings. The van der Waals surface area contributed by atoms with Crippen molar-refractivity contribution in [1.82, 2.24) is 4.98 Å². The minimum absolute atomic E-state index is 0.273. The van der Waals surface area contributed by atoms with Crippen LogP contribution in [0, 0.1) is 11.9 Å². The molecule has 0 fully saturated rings. The van der Waals surface area contributed by atoms with Crippen molar-refractivity contribution in [2.75, 3.05) is 0 Å². The van der Waals surface area contributed by atoms with Gasteiger partial charge in [-0.05, 0) is 0 Å². The zero-order valence-electron chi connectivity index (χ0n) is 6.75. The Kier molecular flexibility index (Phi) is 2.87. The highest BCUT2D eigenvalue weighted by molar-refractivity contribution is 5.28. The molecule has 0 saturated heterocycles. The van der Waals surface area contributed by atoms with Gasteiger partial charge in [-0.2, -0.15) is 26.9 Å². The number of aromatic nitrogens is 1. The van der Waals surface area contributed by atoms with E-state index in [1.165, 1.54) is 0 Å². The van der Waals surface area contributed by atoms with E-state index in [9.17, 15) is 30.7 Å². The molecule has 8 heteroatoms. The Labute approximate surface area is 78.5 Å². The average Bonchev–Trinajstić information content (AvgIpc) is 1.99. The monoisotopic (exact) mass is 233 g/mol. The van der Waals surface area contributed by atoms with Gasteiger partial charge >= 0.3 is 6.18 Å². The number of hydrogen-bond donors (Lipinski definition) is 0. The van der Waals surface area contributed by atoms with Crippen molar-refractivity contribution < 1.29 is 30.7 Å². The van der Waals surface area contributed by atoms with Crippen molar-refractivity contribution in [1.29, 1.82) is 0 Å². The molecule has 1 nitrogen and oxygen atoms in total. The molecule has 0 amide bonds.